The van der Waals surface area contributed by atoms with Gasteiger partial charge in [-0.2, -0.15) is 0 Å². The minimum Gasteiger partial charge on any atom is -0.480 e. The van der Waals surface area contributed by atoms with Gasteiger partial charge in [-0.15, -0.1) is 0 Å². The summed E-state index contributed by atoms with van der Waals surface area (Å²) in [4.78, 5) is 23.2. The fraction of sp³-hybridized carbons (Fsp3) is 0.800. The van der Waals surface area contributed by atoms with Crippen molar-refractivity contribution in [1.82, 2.24) is 4.90 Å². The van der Waals surface area contributed by atoms with Crippen LogP contribution in [0.15, 0.2) is 0 Å². The number of amides is 1. The van der Waals surface area contributed by atoms with Gasteiger partial charge in [-0.25, -0.2) is 4.79 Å². The van der Waals surface area contributed by atoms with Crippen molar-refractivity contribution in [2.75, 3.05) is 13.2 Å². The molecule has 0 aliphatic heterocycles. The lowest BCUT2D eigenvalue weighted by Crippen LogP contribution is -2.46. The summed E-state index contributed by atoms with van der Waals surface area (Å²) in [6, 6.07) is -1.11. The monoisotopic (exact) mass is 217 g/mol. The number of hydrogen-bond donors (Lipinski definition) is 2. The average Bonchev–Trinajstić information content (AvgIpc) is 2.16. The van der Waals surface area contributed by atoms with Crippen LogP contribution in [0.1, 0.15) is 33.1 Å². The number of aliphatic hydroxyl groups excluding tert-OH is 1. The zero-order valence-corrected chi connectivity index (χ0v) is 9.27. The molecule has 1 atom stereocenters. The van der Waals surface area contributed by atoms with E-state index in [4.69, 9.17) is 10.2 Å². The van der Waals surface area contributed by atoms with E-state index in [1.54, 1.807) is 0 Å². The van der Waals surface area contributed by atoms with Crippen LogP contribution >= 0.6 is 0 Å². The summed E-state index contributed by atoms with van der Waals surface area (Å²) in [5.74, 6) is -1.48. The number of nitrogens with zero attached hydrogens (tertiary/aromatic N) is 1. The zero-order chi connectivity index (χ0) is 11.8. The standard InChI is InChI=1S/C10H19NO4/c1-3-4-5-6-11(8(2)13)9(7-12)10(14)15/h9,12H,3-7H2,1-2H3,(H,14,15)/t9-/m0/s1. The third-order valence-electron chi connectivity index (χ3n) is 2.24. The Balaban J connectivity index is 4.35. The summed E-state index contributed by atoms with van der Waals surface area (Å²) >= 11 is 0. The minimum atomic E-state index is -1.16. The van der Waals surface area contributed by atoms with Crippen molar-refractivity contribution in [3.05, 3.63) is 0 Å². The Hall–Kier alpha value is -1.10. The number of aliphatic carboxylic acids is 1. The molecule has 15 heavy (non-hydrogen) atoms. The molecule has 0 saturated heterocycles. The molecule has 5 nitrogen and oxygen atoms in total. The molecule has 0 saturated carbocycles. The lowest BCUT2D eigenvalue weighted by molar-refractivity contribution is -0.151. The third kappa shape index (κ3) is 4.78. The number of aliphatic hydroxyl groups is 1. The summed E-state index contributed by atoms with van der Waals surface area (Å²) in [7, 11) is 0. The molecule has 0 fully saturated rings. The van der Waals surface area contributed by atoms with Gasteiger partial charge in [0, 0.05) is 13.5 Å². The number of carboxylic acids is 1. The Bertz CT molecular complexity index is 217. The first-order valence-electron chi connectivity index (χ1n) is 5.15. The van der Waals surface area contributed by atoms with Crippen LogP contribution in [-0.2, 0) is 9.59 Å². The van der Waals surface area contributed by atoms with Gasteiger partial charge in [0.15, 0.2) is 6.04 Å². The van der Waals surface area contributed by atoms with Crippen LogP contribution in [0.25, 0.3) is 0 Å². The van der Waals surface area contributed by atoms with Gasteiger partial charge in [0.05, 0.1) is 6.61 Å². The topological polar surface area (TPSA) is 77.8 Å². The molecule has 0 aliphatic carbocycles. The number of carbonyl (C=O) groups excluding carboxylic acids is 1. The van der Waals surface area contributed by atoms with Crippen LogP contribution in [0.2, 0.25) is 0 Å². The first-order chi connectivity index (χ1) is 7.04. The molecule has 0 aromatic heterocycles. The molecule has 88 valence electrons. The van der Waals surface area contributed by atoms with Crippen molar-refractivity contribution >= 4 is 11.9 Å². The van der Waals surface area contributed by atoms with Gasteiger partial charge >= 0.3 is 5.97 Å². The molecule has 0 aliphatic rings. The van der Waals surface area contributed by atoms with E-state index >= 15 is 0 Å². The smallest absolute Gasteiger partial charge is 0.328 e. The lowest BCUT2D eigenvalue weighted by atomic mass is 10.2. The highest BCUT2D eigenvalue weighted by Crippen LogP contribution is 2.04. The Labute approximate surface area is 89.7 Å². The highest BCUT2D eigenvalue weighted by molar-refractivity contribution is 5.82. The average molecular weight is 217 g/mol. The maximum Gasteiger partial charge on any atom is 0.328 e. The minimum absolute atomic E-state index is 0.312. The van der Waals surface area contributed by atoms with E-state index in [0.717, 1.165) is 19.3 Å². The second-order valence-electron chi connectivity index (χ2n) is 3.46. The number of hydrogen-bond acceptors (Lipinski definition) is 3. The van der Waals surface area contributed by atoms with Crippen LogP contribution in [0, 0.1) is 0 Å². The summed E-state index contributed by atoms with van der Waals surface area (Å²) in [5, 5.41) is 17.7. The molecule has 0 radical (unpaired) electrons. The highest BCUT2D eigenvalue weighted by Gasteiger charge is 2.26. The van der Waals surface area contributed by atoms with Gasteiger partial charge in [-0.05, 0) is 6.42 Å². The molecule has 0 aromatic carbocycles. The van der Waals surface area contributed by atoms with Crippen LogP contribution in [0.4, 0.5) is 0 Å². The van der Waals surface area contributed by atoms with Crippen molar-refractivity contribution in [3.8, 4) is 0 Å². The molecule has 0 rings (SSSR count). The van der Waals surface area contributed by atoms with E-state index in [-0.39, 0.29) is 5.91 Å². The second-order valence-corrected chi connectivity index (χ2v) is 3.46. The molecule has 0 heterocycles. The van der Waals surface area contributed by atoms with Crippen LogP contribution in [-0.4, -0.2) is 46.2 Å². The van der Waals surface area contributed by atoms with Gasteiger partial charge in [0.1, 0.15) is 0 Å². The molecule has 5 heteroatoms. The van der Waals surface area contributed by atoms with E-state index in [0.29, 0.717) is 6.54 Å². The largest absolute Gasteiger partial charge is 0.480 e. The predicted molar refractivity (Wildman–Crippen MR) is 55.4 cm³/mol. The Kier molecular flexibility index (Phi) is 6.70. The first-order valence-corrected chi connectivity index (χ1v) is 5.15. The SMILES string of the molecule is CCCCCN(C(C)=O)[C@@H](CO)C(=O)O. The van der Waals surface area contributed by atoms with E-state index in [2.05, 4.69) is 0 Å². The van der Waals surface area contributed by atoms with E-state index in [1.807, 2.05) is 6.92 Å². The summed E-state index contributed by atoms with van der Waals surface area (Å²) < 4.78 is 0. The molecule has 0 bridgehead atoms. The Morgan fingerprint density at radius 1 is 1.33 bits per heavy atom. The Morgan fingerprint density at radius 3 is 2.27 bits per heavy atom. The summed E-state index contributed by atoms with van der Waals surface area (Å²) in [6.07, 6.45) is 2.71. The second kappa shape index (κ2) is 7.23. The van der Waals surface area contributed by atoms with E-state index in [1.165, 1.54) is 11.8 Å². The zero-order valence-electron chi connectivity index (χ0n) is 9.27. The van der Waals surface area contributed by atoms with Crippen LogP contribution in [0.5, 0.6) is 0 Å². The molecular formula is C10H19NO4. The van der Waals surface area contributed by atoms with Gasteiger partial charge in [0.25, 0.3) is 0 Å². The number of unbranched alkanes of at least 4 members (excludes halogenated alkanes) is 2. The van der Waals surface area contributed by atoms with Crippen LogP contribution in [0.3, 0.4) is 0 Å². The highest BCUT2D eigenvalue weighted by atomic mass is 16.4. The first kappa shape index (κ1) is 13.9. The fourth-order valence-corrected chi connectivity index (χ4v) is 1.37. The summed E-state index contributed by atoms with van der Waals surface area (Å²) in [6.45, 7) is 3.19. The molecule has 0 aromatic rings. The van der Waals surface area contributed by atoms with Crippen molar-refractivity contribution in [2.24, 2.45) is 0 Å². The van der Waals surface area contributed by atoms with Gasteiger partial charge in [0.2, 0.25) is 5.91 Å². The number of carboxylic acid groups (broad SMARTS) is 1. The molecule has 2 N–H and O–H groups in total. The molecule has 1 amide bonds. The van der Waals surface area contributed by atoms with E-state index in [9.17, 15) is 9.59 Å². The van der Waals surface area contributed by atoms with Crippen molar-refractivity contribution < 1.29 is 19.8 Å². The maximum absolute atomic E-state index is 11.2. The molecule has 0 unspecified atom stereocenters. The lowest BCUT2D eigenvalue weighted by Gasteiger charge is -2.26. The summed E-state index contributed by atoms with van der Waals surface area (Å²) in [5.41, 5.74) is 0. The number of carbonyl (C=O) groups is 2. The Morgan fingerprint density at radius 2 is 1.93 bits per heavy atom. The fourth-order valence-electron chi connectivity index (χ4n) is 1.37. The van der Waals surface area contributed by atoms with Gasteiger partial charge < -0.3 is 15.1 Å². The van der Waals surface area contributed by atoms with Crippen molar-refractivity contribution in [3.63, 3.8) is 0 Å². The van der Waals surface area contributed by atoms with Gasteiger partial charge in [-0.1, -0.05) is 19.8 Å². The van der Waals surface area contributed by atoms with Crippen molar-refractivity contribution in [1.29, 1.82) is 0 Å². The maximum atomic E-state index is 11.2. The van der Waals surface area contributed by atoms with Crippen molar-refractivity contribution in [2.45, 2.75) is 39.2 Å². The van der Waals surface area contributed by atoms with Gasteiger partial charge in [-0.3, -0.25) is 4.79 Å². The third-order valence-corrected chi connectivity index (χ3v) is 2.24. The molecule has 0 spiro atoms. The number of rotatable bonds is 7. The normalized spacial score (nSPS) is 12.2. The predicted octanol–water partition coefficient (Wildman–Crippen LogP) is 0.471. The van der Waals surface area contributed by atoms with Crippen LogP contribution < -0.4 is 0 Å². The van der Waals surface area contributed by atoms with E-state index < -0.39 is 18.6 Å². The molecular weight excluding hydrogens is 198 g/mol. The quantitative estimate of drug-likeness (QED) is 0.608.